The van der Waals surface area contributed by atoms with Crippen LogP contribution in [-0.2, 0) is 12.8 Å². The molecule has 3 rings (SSSR count). The lowest BCUT2D eigenvalue weighted by molar-refractivity contribution is 0.836. The molecule has 0 amide bonds. The van der Waals surface area contributed by atoms with Gasteiger partial charge in [0.05, 0.1) is 11.9 Å². The van der Waals surface area contributed by atoms with Gasteiger partial charge >= 0.3 is 0 Å². The molecule has 1 aliphatic carbocycles. The van der Waals surface area contributed by atoms with E-state index in [1.807, 2.05) is 18.3 Å². The standard InChI is InChI=1S/C11H11N3S/c15-11-13-9-4-1-5-10(9)14(11)8-3-2-6-12-7-8/h2-3,6-7H,1,4-5H2,(H,13,15). The molecule has 3 nitrogen and oxygen atoms in total. The fourth-order valence-electron chi connectivity index (χ4n) is 2.18. The molecule has 1 aliphatic rings. The van der Waals surface area contributed by atoms with E-state index in [0.717, 1.165) is 23.3 Å². The van der Waals surface area contributed by atoms with Crippen LogP contribution in [-0.4, -0.2) is 14.5 Å². The van der Waals surface area contributed by atoms with Crippen molar-refractivity contribution in [1.82, 2.24) is 14.5 Å². The monoisotopic (exact) mass is 217 g/mol. The summed E-state index contributed by atoms with van der Waals surface area (Å²) >= 11 is 5.32. The van der Waals surface area contributed by atoms with Crippen molar-refractivity contribution in [2.45, 2.75) is 19.3 Å². The lowest BCUT2D eigenvalue weighted by Crippen LogP contribution is -1.99. The summed E-state index contributed by atoms with van der Waals surface area (Å²) in [4.78, 5) is 7.40. The quantitative estimate of drug-likeness (QED) is 0.744. The normalized spacial score (nSPS) is 14.1. The molecule has 2 aromatic heterocycles. The Balaban J connectivity index is 2.25. The molecule has 0 saturated carbocycles. The number of hydrogen-bond acceptors (Lipinski definition) is 2. The summed E-state index contributed by atoms with van der Waals surface area (Å²) in [5.41, 5.74) is 3.68. The van der Waals surface area contributed by atoms with E-state index in [0.29, 0.717) is 0 Å². The van der Waals surface area contributed by atoms with Gasteiger partial charge in [0.1, 0.15) is 0 Å². The van der Waals surface area contributed by atoms with Crippen molar-refractivity contribution >= 4 is 12.2 Å². The average molecular weight is 217 g/mol. The maximum atomic E-state index is 5.32. The van der Waals surface area contributed by atoms with Gasteiger partial charge in [-0.1, -0.05) is 0 Å². The van der Waals surface area contributed by atoms with Gasteiger partial charge in [0, 0.05) is 17.6 Å². The van der Waals surface area contributed by atoms with Crippen molar-refractivity contribution in [2.24, 2.45) is 0 Å². The van der Waals surface area contributed by atoms with Crippen LogP contribution in [0.5, 0.6) is 0 Å². The van der Waals surface area contributed by atoms with Crippen LogP contribution < -0.4 is 0 Å². The maximum Gasteiger partial charge on any atom is 0.182 e. The van der Waals surface area contributed by atoms with Crippen molar-refractivity contribution in [3.05, 3.63) is 40.7 Å². The van der Waals surface area contributed by atoms with Crippen molar-refractivity contribution in [2.75, 3.05) is 0 Å². The number of fused-ring (bicyclic) bond motifs is 1. The predicted molar refractivity (Wildman–Crippen MR) is 60.8 cm³/mol. The summed E-state index contributed by atoms with van der Waals surface area (Å²) in [6.07, 6.45) is 7.07. The van der Waals surface area contributed by atoms with Crippen molar-refractivity contribution in [1.29, 1.82) is 0 Å². The number of rotatable bonds is 1. The number of nitrogens with one attached hydrogen (secondary N) is 1. The van der Waals surface area contributed by atoms with E-state index in [1.54, 1.807) is 6.20 Å². The Morgan fingerprint density at radius 1 is 1.40 bits per heavy atom. The Bertz CT molecular complexity index is 539. The molecule has 0 radical (unpaired) electrons. The molecular formula is C11H11N3S. The number of pyridine rings is 1. The first-order chi connectivity index (χ1) is 7.36. The number of hydrogen-bond donors (Lipinski definition) is 1. The lowest BCUT2D eigenvalue weighted by atomic mass is 10.3. The number of H-pyrrole nitrogens is 1. The minimum Gasteiger partial charge on any atom is -0.334 e. The molecule has 0 bridgehead atoms. The summed E-state index contributed by atoms with van der Waals surface area (Å²) in [5, 5.41) is 0. The van der Waals surface area contributed by atoms with Crippen LogP contribution in [0.4, 0.5) is 0 Å². The van der Waals surface area contributed by atoms with Gasteiger partial charge in [0.15, 0.2) is 4.77 Å². The molecule has 0 aliphatic heterocycles. The summed E-state index contributed by atoms with van der Waals surface area (Å²) < 4.78 is 2.89. The summed E-state index contributed by atoms with van der Waals surface area (Å²) in [7, 11) is 0. The van der Waals surface area contributed by atoms with Gasteiger partial charge in [-0.15, -0.1) is 0 Å². The number of aryl methyl sites for hydroxylation is 1. The summed E-state index contributed by atoms with van der Waals surface area (Å²) in [6.45, 7) is 0. The van der Waals surface area contributed by atoms with Crippen LogP contribution in [0.3, 0.4) is 0 Å². The highest BCUT2D eigenvalue weighted by molar-refractivity contribution is 7.71. The highest BCUT2D eigenvalue weighted by Gasteiger charge is 2.18. The van der Waals surface area contributed by atoms with Crippen LogP contribution in [0.25, 0.3) is 5.69 Å². The number of imidazole rings is 1. The van der Waals surface area contributed by atoms with Gasteiger partial charge in [0.2, 0.25) is 0 Å². The van der Waals surface area contributed by atoms with E-state index >= 15 is 0 Å². The third-order valence-electron chi connectivity index (χ3n) is 2.82. The van der Waals surface area contributed by atoms with Crippen molar-refractivity contribution in [3.63, 3.8) is 0 Å². The second kappa shape index (κ2) is 3.31. The number of aromatic nitrogens is 3. The smallest absolute Gasteiger partial charge is 0.182 e. The van der Waals surface area contributed by atoms with Gasteiger partial charge in [-0.05, 0) is 43.6 Å². The third kappa shape index (κ3) is 1.33. The molecule has 4 heteroatoms. The highest BCUT2D eigenvalue weighted by atomic mass is 32.1. The van der Waals surface area contributed by atoms with Gasteiger partial charge in [-0.25, -0.2) is 0 Å². The van der Waals surface area contributed by atoms with Gasteiger partial charge in [0.25, 0.3) is 0 Å². The van der Waals surface area contributed by atoms with E-state index in [2.05, 4.69) is 14.5 Å². The van der Waals surface area contributed by atoms with Crippen molar-refractivity contribution in [3.8, 4) is 5.69 Å². The molecular weight excluding hydrogens is 206 g/mol. The minimum atomic E-state index is 0.785. The molecule has 2 heterocycles. The first-order valence-electron chi connectivity index (χ1n) is 5.09. The SMILES string of the molecule is S=c1[nH]c2c(n1-c1cccnc1)CCC2. The second-order valence-corrected chi connectivity index (χ2v) is 4.14. The zero-order valence-corrected chi connectivity index (χ0v) is 9.05. The van der Waals surface area contributed by atoms with Crippen LogP contribution in [0.15, 0.2) is 24.5 Å². The van der Waals surface area contributed by atoms with Gasteiger partial charge in [-0.3, -0.25) is 9.55 Å². The molecule has 15 heavy (non-hydrogen) atoms. The molecule has 76 valence electrons. The minimum absolute atomic E-state index is 0.785. The van der Waals surface area contributed by atoms with Crippen LogP contribution >= 0.6 is 12.2 Å². The lowest BCUT2D eigenvalue weighted by Gasteiger charge is -2.04. The summed E-state index contributed by atoms with van der Waals surface area (Å²) in [5.74, 6) is 0. The molecule has 0 fully saturated rings. The fraction of sp³-hybridized carbons (Fsp3) is 0.273. The predicted octanol–water partition coefficient (Wildman–Crippen LogP) is 2.42. The number of aromatic amines is 1. The van der Waals surface area contributed by atoms with Crippen LogP contribution in [0, 0.1) is 4.77 Å². The second-order valence-electron chi connectivity index (χ2n) is 3.76. The molecule has 0 saturated heterocycles. The van der Waals surface area contributed by atoms with E-state index < -0.39 is 0 Å². The molecule has 0 unspecified atom stereocenters. The maximum absolute atomic E-state index is 5.32. The fourth-order valence-corrected chi connectivity index (χ4v) is 2.51. The van der Waals surface area contributed by atoms with E-state index in [4.69, 9.17) is 12.2 Å². The Morgan fingerprint density at radius 3 is 3.13 bits per heavy atom. The van der Waals surface area contributed by atoms with Crippen molar-refractivity contribution < 1.29 is 0 Å². The molecule has 1 N–H and O–H groups in total. The molecule has 2 aromatic rings. The Labute approximate surface area is 92.8 Å². The molecule has 0 aromatic carbocycles. The first-order valence-corrected chi connectivity index (χ1v) is 5.50. The van der Waals surface area contributed by atoms with Crippen LogP contribution in [0.1, 0.15) is 17.8 Å². The average Bonchev–Trinajstić information content (AvgIpc) is 2.78. The van der Waals surface area contributed by atoms with Crippen LogP contribution in [0.2, 0.25) is 0 Å². The third-order valence-corrected chi connectivity index (χ3v) is 3.11. The first kappa shape index (κ1) is 8.85. The highest BCUT2D eigenvalue weighted by Crippen LogP contribution is 2.24. The van der Waals surface area contributed by atoms with Gasteiger partial charge < -0.3 is 4.98 Å². The van der Waals surface area contributed by atoms with E-state index in [9.17, 15) is 0 Å². The van der Waals surface area contributed by atoms with E-state index in [-0.39, 0.29) is 0 Å². The largest absolute Gasteiger partial charge is 0.334 e. The molecule has 0 spiro atoms. The Kier molecular flexibility index (Phi) is 1.95. The zero-order valence-electron chi connectivity index (χ0n) is 8.23. The van der Waals surface area contributed by atoms with E-state index in [1.165, 1.54) is 17.8 Å². The number of nitrogens with zero attached hydrogens (tertiary/aromatic N) is 2. The Morgan fingerprint density at radius 2 is 2.33 bits per heavy atom. The zero-order chi connectivity index (χ0) is 10.3. The van der Waals surface area contributed by atoms with Gasteiger partial charge in [-0.2, -0.15) is 0 Å². The topological polar surface area (TPSA) is 33.6 Å². The summed E-state index contributed by atoms with van der Waals surface area (Å²) in [6, 6.07) is 3.97. The Hall–Kier alpha value is -1.42. The molecule has 0 atom stereocenters.